The zero-order valence-electron chi connectivity index (χ0n) is 14.6. The van der Waals surface area contributed by atoms with Gasteiger partial charge in [0.05, 0.1) is 23.5 Å². The Morgan fingerprint density at radius 2 is 1.74 bits per heavy atom. The van der Waals surface area contributed by atoms with Crippen LogP contribution in [-0.4, -0.2) is 16.7 Å². The second-order valence-corrected chi connectivity index (χ2v) is 5.84. The number of carbonyl (C=O) groups is 2. The number of ketones is 1. The maximum absolute atomic E-state index is 12.3. The van der Waals surface area contributed by atoms with E-state index in [1.807, 2.05) is 6.07 Å². The highest BCUT2D eigenvalue weighted by molar-refractivity contribution is 6.04. The molecule has 3 aromatic rings. The fraction of sp³-hybridized carbons (Fsp3) is 0.0476. The van der Waals surface area contributed by atoms with E-state index >= 15 is 0 Å². The Labute approximate surface area is 156 Å². The Hall–Kier alpha value is -3.98. The van der Waals surface area contributed by atoms with Crippen molar-refractivity contribution in [1.82, 2.24) is 4.98 Å². The summed E-state index contributed by atoms with van der Waals surface area (Å²) in [5, 5.41) is 14.8. The van der Waals surface area contributed by atoms with Gasteiger partial charge < -0.3 is 10.6 Å². The van der Waals surface area contributed by atoms with Crippen LogP contribution < -0.4 is 10.6 Å². The number of nitrogens with zero attached hydrogens (tertiary/aromatic N) is 2. The third-order valence-corrected chi connectivity index (χ3v) is 3.80. The van der Waals surface area contributed by atoms with Gasteiger partial charge in [0.25, 0.3) is 5.91 Å². The molecule has 1 amide bonds. The first-order valence-electron chi connectivity index (χ1n) is 8.21. The van der Waals surface area contributed by atoms with Crippen LogP contribution in [-0.2, 0) is 0 Å². The molecule has 2 aromatic carbocycles. The summed E-state index contributed by atoms with van der Waals surface area (Å²) in [6.45, 7) is 1.47. The molecule has 0 fully saturated rings. The average Bonchev–Trinajstić information content (AvgIpc) is 2.69. The fourth-order valence-electron chi connectivity index (χ4n) is 2.45. The van der Waals surface area contributed by atoms with E-state index in [0.29, 0.717) is 22.5 Å². The molecule has 0 radical (unpaired) electrons. The molecule has 2 N–H and O–H groups in total. The van der Waals surface area contributed by atoms with Crippen LogP contribution in [0.3, 0.4) is 0 Å². The fourth-order valence-corrected chi connectivity index (χ4v) is 2.45. The molecule has 132 valence electrons. The Morgan fingerprint density at radius 3 is 2.44 bits per heavy atom. The van der Waals surface area contributed by atoms with E-state index in [-0.39, 0.29) is 17.4 Å². The van der Waals surface area contributed by atoms with Gasteiger partial charge in [-0.05, 0) is 49.4 Å². The zero-order chi connectivity index (χ0) is 19.2. The molecule has 0 unspecified atom stereocenters. The average molecular weight is 356 g/mol. The summed E-state index contributed by atoms with van der Waals surface area (Å²) >= 11 is 0. The third-order valence-electron chi connectivity index (χ3n) is 3.80. The smallest absolute Gasteiger partial charge is 0.274 e. The Morgan fingerprint density at radius 1 is 0.963 bits per heavy atom. The van der Waals surface area contributed by atoms with Gasteiger partial charge in [-0.3, -0.25) is 9.59 Å². The van der Waals surface area contributed by atoms with Crippen LogP contribution in [0.4, 0.5) is 17.1 Å². The van der Waals surface area contributed by atoms with Crippen molar-refractivity contribution in [3.63, 3.8) is 0 Å². The van der Waals surface area contributed by atoms with Crippen molar-refractivity contribution in [3.8, 4) is 6.07 Å². The molecule has 0 atom stereocenters. The summed E-state index contributed by atoms with van der Waals surface area (Å²) in [5.41, 5.74) is 3.32. The van der Waals surface area contributed by atoms with Gasteiger partial charge in [0, 0.05) is 16.9 Å². The molecular weight excluding hydrogens is 340 g/mol. The van der Waals surface area contributed by atoms with Crippen molar-refractivity contribution >= 4 is 28.8 Å². The lowest BCUT2D eigenvalue weighted by atomic mass is 10.1. The molecule has 6 heteroatoms. The van der Waals surface area contributed by atoms with E-state index in [9.17, 15) is 9.59 Å². The molecule has 1 heterocycles. The van der Waals surface area contributed by atoms with Gasteiger partial charge in [-0.1, -0.05) is 18.2 Å². The van der Waals surface area contributed by atoms with Gasteiger partial charge in [-0.25, -0.2) is 4.98 Å². The number of hydrogen-bond donors (Lipinski definition) is 2. The van der Waals surface area contributed by atoms with Gasteiger partial charge in [0.1, 0.15) is 5.69 Å². The van der Waals surface area contributed by atoms with Gasteiger partial charge in [0.2, 0.25) is 0 Å². The Balaban J connectivity index is 1.69. The molecule has 6 nitrogen and oxygen atoms in total. The van der Waals surface area contributed by atoms with E-state index in [0.717, 1.165) is 5.69 Å². The first-order chi connectivity index (χ1) is 13.0. The number of nitriles is 1. The molecule has 3 rings (SSSR count). The van der Waals surface area contributed by atoms with Crippen molar-refractivity contribution < 1.29 is 9.59 Å². The van der Waals surface area contributed by atoms with Gasteiger partial charge in [-0.15, -0.1) is 0 Å². The number of aromatic nitrogens is 1. The number of hydrogen-bond acceptors (Lipinski definition) is 5. The molecule has 0 spiro atoms. The summed E-state index contributed by atoms with van der Waals surface area (Å²) in [6, 6.07) is 19.2. The molecule has 0 bridgehead atoms. The predicted molar refractivity (Wildman–Crippen MR) is 103 cm³/mol. The largest absolute Gasteiger partial charge is 0.354 e. The van der Waals surface area contributed by atoms with Crippen LogP contribution >= 0.6 is 0 Å². The van der Waals surface area contributed by atoms with Crippen LogP contribution in [0.1, 0.15) is 33.3 Å². The molecule has 0 aliphatic rings. The monoisotopic (exact) mass is 356 g/mol. The number of amides is 1. The molecule has 0 aliphatic carbocycles. The number of Topliss-reactive ketones (excluding diaryl/α,β-unsaturated/α-hetero) is 1. The molecule has 1 aromatic heterocycles. The number of benzene rings is 2. The lowest BCUT2D eigenvalue weighted by Gasteiger charge is -2.08. The molecule has 0 aliphatic heterocycles. The van der Waals surface area contributed by atoms with Gasteiger partial charge >= 0.3 is 0 Å². The minimum Gasteiger partial charge on any atom is -0.354 e. The highest BCUT2D eigenvalue weighted by atomic mass is 16.2. The standard InChI is InChI=1S/C21H16N4O2/c1-14(26)16-5-3-7-18(11-16)25-21(27)20-9-8-19(13-23-20)24-17-6-2-4-15(10-17)12-22/h2-11,13,24H,1H3,(H,25,27). The highest BCUT2D eigenvalue weighted by Gasteiger charge is 2.09. The van der Waals surface area contributed by atoms with Crippen LogP contribution in [0.15, 0.2) is 66.9 Å². The predicted octanol–water partition coefficient (Wildman–Crippen LogP) is 4.15. The first-order valence-corrected chi connectivity index (χ1v) is 8.21. The van der Waals surface area contributed by atoms with E-state index in [1.54, 1.807) is 60.8 Å². The molecule has 0 saturated heterocycles. The van der Waals surface area contributed by atoms with Crippen LogP contribution in [0.5, 0.6) is 0 Å². The molecule has 0 saturated carbocycles. The maximum atomic E-state index is 12.3. The van der Waals surface area contributed by atoms with Crippen LogP contribution in [0, 0.1) is 11.3 Å². The minimum atomic E-state index is -0.367. The third kappa shape index (κ3) is 4.55. The van der Waals surface area contributed by atoms with Crippen molar-refractivity contribution in [3.05, 3.63) is 83.7 Å². The van der Waals surface area contributed by atoms with Gasteiger partial charge in [-0.2, -0.15) is 5.26 Å². The second kappa shape index (κ2) is 7.93. The summed E-state index contributed by atoms with van der Waals surface area (Å²) in [4.78, 5) is 27.9. The summed E-state index contributed by atoms with van der Waals surface area (Å²) in [7, 11) is 0. The number of rotatable bonds is 5. The lowest BCUT2D eigenvalue weighted by Crippen LogP contribution is -2.14. The van der Waals surface area contributed by atoms with Crippen molar-refractivity contribution in [2.45, 2.75) is 6.92 Å². The maximum Gasteiger partial charge on any atom is 0.274 e. The molecule has 27 heavy (non-hydrogen) atoms. The van der Waals surface area contributed by atoms with Crippen molar-refractivity contribution in [1.29, 1.82) is 5.26 Å². The summed E-state index contributed by atoms with van der Waals surface area (Å²) in [5.74, 6) is -0.436. The topological polar surface area (TPSA) is 94.9 Å². The van der Waals surface area contributed by atoms with E-state index in [2.05, 4.69) is 21.7 Å². The SMILES string of the molecule is CC(=O)c1cccc(NC(=O)c2ccc(Nc3cccc(C#N)c3)cn2)c1. The van der Waals surface area contributed by atoms with Crippen LogP contribution in [0.2, 0.25) is 0 Å². The highest BCUT2D eigenvalue weighted by Crippen LogP contribution is 2.18. The zero-order valence-corrected chi connectivity index (χ0v) is 14.6. The van der Waals surface area contributed by atoms with Crippen molar-refractivity contribution in [2.24, 2.45) is 0 Å². The Kier molecular flexibility index (Phi) is 5.24. The normalized spacial score (nSPS) is 9.93. The van der Waals surface area contributed by atoms with Crippen molar-refractivity contribution in [2.75, 3.05) is 10.6 Å². The van der Waals surface area contributed by atoms with E-state index in [1.165, 1.54) is 6.92 Å². The quantitative estimate of drug-likeness (QED) is 0.670. The lowest BCUT2D eigenvalue weighted by molar-refractivity contribution is 0.100. The number of carbonyl (C=O) groups excluding carboxylic acids is 2. The van der Waals surface area contributed by atoms with Crippen LogP contribution in [0.25, 0.3) is 0 Å². The van der Waals surface area contributed by atoms with Gasteiger partial charge in [0.15, 0.2) is 5.78 Å². The molecular formula is C21H16N4O2. The number of anilines is 3. The second-order valence-electron chi connectivity index (χ2n) is 5.84. The number of pyridine rings is 1. The Bertz CT molecular complexity index is 1040. The van der Waals surface area contributed by atoms with E-state index < -0.39 is 0 Å². The number of nitrogens with one attached hydrogen (secondary N) is 2. The van der Waals surface area contributed by atoms with E-state index in [4.69, 9.17) is 5.26 Å². The summed E-state index contributed by atoms with van der Waals surface area (Å²) < 4.78 is 0. The first kappa shape index (κ1) is 17.8. The summed E-state index contributed by atoms with van der Waals surface area (Å²) in [6.07, 6.45) is 1.54. The minimum absolute atomic E-state index is 0.0693.